The van der Waals surface area contributed by atoms with Crippen molar-refractivity contribution in [2.75, 3.05) is 13.2 Å². The second-order valence-electron chi connectivity index (χ2n) is 5.80. The molecular formula is C17H32N4O2. The Morgan fingerprint density at radius 3 is 2.17 bits per heavy atom. The van der Waals surface area contributed by atoms with Crippen LogP contribution in [-0.2, 0) is 4.79 Å². The number of carbonyl (C=O) groups is 1. The summed E-state index contributed by atoms with van der Waals surface area (Å²) >= 11 is 0. The maximum Gasteiger partial charge on any atom is 0.234 e. The Morgan fingerprint density at radius 2 is 1.74 bits per heavy atom. The van der Waals surface area contributed by atoms with Crippen LogP contribution in [0.4, 0.5) is 0 Å². The molecule has 2 unspecified atom stereocenters. The Labute approximate surface area is 139 Å². The van der Waals surface area contributed by atoms with Crippen molar-refractivity contribution in [2.24, 2.45) is 22.9 Å². The molecule has 0 spiro atoms. The average Bonchev–Trinajstić information content (AvgIpc) is 2.47. The van der Waals surface area contributed by atoms with Crippen LogP contribution in [0.25, 0.3) is 0 Å². The highest BCUT2D eigenvalue weighted by Crippen LogP contribution is 2.22. The zero-order chi connectivity index (χ0) is 17.8. The van der Waals surface area contributed by atoms with E-state index in [2.05, 4.69) is 0 Å². The molecule has 6 heteroatoms. The predicted molar refractivity (Wildman–Crippen MR) is 95.1 cm³/mol. The largest absolute Gasteiger partial charge is 0.491 e. The van der Waals surface area contributed by atoms with Crippen molar-refractivity contribution in [1.82, 2.24) is 0 Å². The van der Waals surface area contributed by atoms with E-state index in [1.165, 1.54) is 11.1 Å². The molecule has 0 fully saturated rings. The number of ether oxygens (including phenoxy) is 1. The van der Waals surface area contributed by atoms with Crippen LogP contribution in [-0.4, -0.2) is 31.1 Å². The van der Waals surface area contributed by atoms with Crippen LogP contribution in [0.15, 0.2) is 18.2 Å². The van der Waals surface area contributed by atoms with Gasteiger partial charge < -0.3 is 27.7 Å². The van der Waals surface area contributed by atoms with Gasteiger partial charge in [-0.15, -0.1) is 0 Å². The average molecular weight is 324 g/mol. The minimum absolute atomic E-state index is 0.0824. The summed E-state index contributed by atoms with van der Waals surface area (Å²) in [4.78, 5) is 10.4. The Bertz CT molecular complexity index is 444. The number of para-hydroxylation sites is 1. The minimum Gasteiger partial charge on any atom is -0.491 e. The molecule has 0 aliphatic carbocycles. The summed E-state index contributed by atoms with van der Waals surface area (Å²) in [5.74, 6) is 0.539. The van der Waals surface area contributed by atoms with E-state index < -0.39 is 11.9 Å². The number of carbonyl (C=O) groups excluding carboxylic acids is 1. The van der Waals surface area contributed by atoms with Gasteiger partial charge in [0, 0.05) is 6.04 Å². The van der Waals surface area contributed by atoms with E-state index >= 15 is 0 Å². The van der Waals surface area contributed by atoms with E-state index in [9.17, 15) is 4.79 Å². The first-order valence-electron chi connectivity index (χ1n) is 7.99. The first kappa shape index (κ1) is 21.4. The third kappa shape index (κ3) is 9.89. The Balaban J connectivity index is 0.000000438. The number of unbranched alkanes of at least 4 members (excludes halogenated alkanes) is 1. The summed E-state index contributed by atoms with van der Waals surface area (Å²) < 4.78 is 5.60. The van der Waals surface area contributed by atoms with E-state index in [1.807, 2.05) is 39.0 Å². The molecule has 0 aliphatic rings. The maximum atomic E-state index is 10.4. The van der Waals surface area contributed by atoms with Crippen molar-refractivity contribution in [2.45, 2.75) is 52.1 Å². The van der Waals surface area contributed by atoms with Gasteiger partial charge in [-0.05, 0) is 51.3 Å². The maximum absolute atomic E-state index is 10.4. The molecule has 6 nitrogen and oxygen atoms in total. The fourth-order valence-electron chi connectivity index (χ4n) is 1.89. The molecule has 23 heavy (non-hydrogen) atoms. The number of benzene rings is 1. The van der Waals surface area contributed by atoms with Crippen LogP contribution in [0, 0.1) is 13.8 Å². The molecular weight excluding hydrogens is 292 g/mol. The Morgan fingerprint density at radius 1 is 1.17 bits per heavy atom. The van der Waals surface area contributed by atoms with Gasteiger partial charge in [-0.2, -0.15) is 0 Å². The second kappa shape index (κ2) is 11.9. The van der Waals surface area contributed by atoms with Crippen LogP contribution in [0.2, 0.25) is 0 Å². The van der Waals surface area contributed by atoms with Gasteiger partial charge in [0.25, 0.3) is 0 Å². The lowest BCUT2D eigenvalue weighted by Gasteiger charge is -2.13. The lowest BCUT2D eigenvalue weighted by molar-refractivity contribution is -0.119. The van der Waals surface area contributed by atoms with E-state index in [0.29, 0.717) is 19.6 Å². The Kier molecular flexibility index (Phi) is 11.0. The topological polar surface area (TPSA) is 130 Å². The number of primary amides is 1. The van der Waals surface area contributed by atoms with Crippen LogP contribution in [0.1, 0.15) is 37.3 Å². The van der Waals surface area contributed by atoms with Gasteiger partial charge in [0.1, 0.15) is 12.4 Å². The number of rotatable bonds is 8. The summed E-state index contributed by atoms with van der Waals surface area (Å²) in [7, 11) is 0. The molecule has 0 heterocycles. The van der Waals surface area contributed by atoms with Gasteiger partial charge in [0.15, 0.2) is 0 Å². The second-order valence-corrected chi connectivity index (χ2v) is 5.80. The lowest BCUT2D eigenvalue weighted by Crippen LogP contribution is -2.36. The normalized spacial score (nSPS) is 12.8. The van der Waals surface area contributed by atoms with Crippen LogP contribution < -0.4 is 27.7 Å². The van der Waals surface area contributed by atoms with Gasteiger partial charge in [0.2, 0.25) is 5.91 Å². The summed E-state index contributed by atoms with van der Waals surface area (Å²) in [5, 5.41) is 0. The first-order chi connectivity index (χ1) is 10.8. The monoisotopic (exact) mass is 324 g/mol. The highest BCUT2D eigenvalue weighted by molar-refractivity contribution is 5.79. The molecule has 1 rings (SSSR count). The van der Waals surface area contributed by atoms with Crippen molar-refractivity contribution in [1.29, 1.82) is 0 Å². The molecule has 0 bridgehead atoms. The molecule has 0 saturated heterocycles. The van der Waals surface area contributed by atoms with E-state index in [4.69, 9.17) is 27.7 Å². The summed E-state index contributed by atoms with van der Waals surface area (Å²) in [6.45, 7) is 7.25. The molecule has 1 aromatic carbocycles. The highest BCUT2D eigenvalue weighted by Gasteiger charge is 2.06. The fraction of sp³-hybridized carbons (Fsp3) is 0.588. The minimum atomic E-state index is -0.494. The standard InChI is InChI=1S/C11H17NO.C6H15N3O/c1-8-5-4-6-9(2)11(8)13-7-10(3)12;7-4-2-1-3-5(8)6(9)10/h4-6,10H,7,12H2,1-3H3;5H,1-4,7-8H2,(H2,9,10). The van der Waals surface area contributed by atoms with E-state index in [-0.39, 0.29) is 6.04 Å². The predicted octanol–water partition coefficient (Wildman–Crippen LogP) is 0.957. The smallest absolute Gasteiger partial charge is 0.234 e. The van der Waals surface area contributed by atoms with Gasteiger partial charge >= 0.3 is 0 Å². The summed E-state index contributed by atoms with van der Waals surface area (Å²) in [6, 6.07) is 5.71. The zero-order valence-electron chi connectivity index (χ0n) is 14.5. The highest BCUT2D eigenvalue weighted by atomic mass is 16.5. The quantitative estimate of drug-likeness (QED) is 0.529. The molecule has 0 radical (unpaired) electrons. The molecule has 8 N–H and O–H groups in total. The molecule has 1 amide bonds. The number of nitrogens with two attached hydrogens (primary N) is 4. The van der Waals surface area contributed by atoms with Gasteiger partial charge in [0.05, 0.1) is 6.04 Å². The third-order valence-corrected chi connectivity index (χ3v) is 3.23. The SMILES string of the molecule is Cc1cccc(C)c1OCC(C)N.NCCCCC(N)C(N)=O. The number of hydrogen-bond acceptors (Lipinski definition) is 5. The van der Waals surface area contributed by atoms with Gasteiger partial charge in [-0.3, -0.25) is 4.79 Å². The van der Waals surface area contributed by atoms with Crippen LogP contribution in [0.5, 0.6) is 5.75 Å². The van der Waals surface area contributed by atoms with Gasteiger partial charge in [-0.25, -0.2) is 0 Å². The molecule has 0 aliphatic heterocycles. The molecule has 0 saturated carbocycles. The van der Waals surface area contributed by atoms with Crippen molar-refractivity contribution >= 4 is 5.91 Å². The molecule has 2 atom stereocenters. The summed E-state index contributed by atoms with van der Waals surface area (Å²) in [5.41, 5.74) is 23.4. The van der Waals surface area contributed by atoms with Crippen LogP contribution >= 0.6 is 0 Å². The molecule has 1 aromatic rings. The number of amides is 1. The Hall–Kier alpha value is -1.63. The van der Waals surface area contributed by atoms with Crippen molar-refractivity contribution in [3.63, 3.8) is 0 Å². The van der Waals surface area contributed by atoms with Crippen molar-refractivity contribution in [3.05, 3.63) is 29.3 Å². The molecule has 0 aromatic heterocycles. The van der Waals surface area contributed by atoms with E-state index in [0.717, 1.165) is 18.6 Å². The first-order valence-corrected chi connectivity index (χ1v) is 7.99. The zero-order valence-corrected chi connectivity index (χ0v) is 14.5. The van der Waals surface area contributed by atoms with Crippen molar-refractivity contribution in [3.8, 4) is 5.75 Å². The molecule has 132 valence electrons. The van der Waals surface area contributed by atoms with Gasteiger partial charge in [-0.1, -0.05) is 24.6 Å². The third-order valence-electron chi connectivity index (χ3n) is 3.23. The number of aryl methyl sites for hydroxylation is 2. The van der Waals surface area contributed by atoms with E-state index in [1.54, 1.807) is 0 Å². The lowest BCUT2D eigenvalue weighted by atomic mass is 10.1. The fourth-order valence-corrected chi connectivity index (χ4v) is 1.89. The van der Waals surface area contributed by atoms with Crippen LogP contribution in [0.3, 0.4) is 0 Å². The number of hydrogen-bond donors (Lipinski definition) is 4. The van der Waals surface area contributed by atoms with Crippen molar-refractivity contribution < 1.29 is 9.53 Å². The summed E-state index contributed by atoms with van der Waals surface area (Å²) in [6.07, 6.45) is 2.42.